The quantitative estimate of drug-likeness (QED) is 0.819. The highest BCUT2D eigenvalue weighted by Crippen LogP contribution is 2.22. The molecule has 1 heterocycles. The van der Waals surface area contributed by atoms with E-state index in [1.807, 2.05) is 30.3 Å². The molecule has 0 N–H and O–H groups in total. The zero-order valence-corrected chi connectivity index (χ0v) is 11.2. The van der Waals surface area contributed by atoms with Crippen molar-refractivity contribution in [1.29, 1.82) is 0 Å². The van der Waals surface area contributed by atoms with Gasteiger partial charge in [0.2, 0.25) is 0 Å². The van der Waals surface area contributed by atoms with Gasteiger partial charge in [0.1, 0.15) is 5.78 Å². The van der Waals surface area contributed by atoms with Crippen molar-refractivity contribution in [3.05, 3.63) is 35.9 Å². The third kappa shape index (κ3) is 3.95. The maximum atomic E-state index is 11.8. The molecule has 1 aliphatic rings. The number of hydrogen-bond donors (Lipinski definition) is 0. The largest absolute Gasteiger partial charge is 0.300 e. The molecule has 1 aromatic carbocycles. The summed E-state index contributed by atoms with van der Waals surface area (Å²) in [6, 6.07) is 9.89. The normalized spacial score (nSPS) is 21.9. The second-order valence-corrected chi connectivity index (χ2v) is 7.23. The summed E-state index contributed by atoms with van der Waals surface area (Å²) in [5.41, 5.74) is 1.16. The van der Waals surface area contributed by atoms with E-state index in [1.54, 1.807) is 0 Å². The first kappa shape index (κ1) is 13.3. The number of ketones is 1. The van der Waals surface area contributed by atoms with Crippen LogP contribution in [0, 0.1) is 5.92 Å². The number of carbonyl (C=O) groups excluding carboxylic acids is 1. The Morgan fingerprint density at radius 3 is 2.56 bits per heavy atom. The molecule has 0 bridgehead atoms. The maximum absolute atomic E-state index is 11.8. The van der Waals surface area contributed by atoms with Gasteiger partial charge in [-0.15, -0.1) is 0 Å². The van der Waals surface area contributed by atoms with Gasteiger partial charge < -0.3 is 0 Å². The van der Waals surface area contributed by atoms with Crippen molar-refractivity contribution in [2.24, 2.45) is 5.92 Å². The monoisotopic (exact) mass is 266 g/mol. The van der Waals surface area contributed by atoms with Gasteiger partial charge in [-0.25, -0.2) is 8.42 Å². The Labute approximate surface area is 108 Å². The number of rotatable bonds is 5. The zero-order chi connectivity index (χ0) is 13.0. The predicted molar refractivity (Wildman–Crippen MR) is 71.1 cm³/mol. The number of Topliss-reactive ketones (excluding diaryl/α,β-unsaturated/α-hetero) is 1. The van der Waals surface area contributed by atoms with E-state index in [0.29, 0.717) is 19.3 Å². The van der Waals surface area contributed by atoms with Crippen LogP contribution in [-0.4, -0.2) is 25.7 Å². The summed E-state index contributed by atoms with van der Waals surface area (Å²) in [5.74, 6) is 0.687. The van der Waals surface area contributed by atoms with Gasteiger partial charge in [-0.05, 0) is 24.3 Å². The van der Waals surface area contributed by atoms with Crippen LogP contribution in [0.5, 0.6) is 0 Å². The van der Waals surface area contributed by atoms with E-state index >= 15 is 0 Å². The number of sulfone groups is 1. The van der Waals surface area contributed by atoms with Gasteiger partial charge in [-0.3, -0.25) is 4.79 Å². The van der Waals surface area contributed by atoms with E-state index < -0.39 is 9.84 Å². The van der Waals surface area contributed by atoms with Gasteiger partial charge in [0.25, 0.3) is 0 Å². The molecule has 1 aliphatic heterocycles. The Kier molecular flexibility index (Phi) is 4.17. The fourth-order valence-electron chi connectivity index (χ4n) is 2.39. The Hall–Kier alpha value is -1.16. The van der Waals surface area contributed by atoms with Crippen molar-refractivity contribution in [3.63, 3.8) is 0 Å². The molecule has 1 aromatic rings. The molecule has 18 heavy (non-hydrogen) atoms. The van der Waals surface area contributed by atoms with Gasteiger partial charge in [0.05, 0.1) is 11.5 Å². The molecule has 98 valence electrons. The van der Waals surface area contributed by atoms with E-state index in [4.69, 9.17) is 0 Å². The first-order valence-corrected chi connectivity index (χ1v) is 8.13. The van der Waals surface area contributed by atoms with E-state index in [-0.39, 0.29) is 23.2 Å². The fourth-order valence-corrected chi connectivity index (χ4v) is 4.25. The summed E-state index contributed by atoms with van der Waals surface area (Å²) in [4.78, 5) is 11.8. The van der Waals surface area contributed by atoms with Crippen molar-refractivity contribution in [2.45, 2.75) is 25.7 Å². The standard InChI is InChI=1S/C14H18O3S/c15-14(7-6-12-4-2-1-3-5-12)10-13-8-9-18(16,17)11-13/h1-5,13H,6-11H2. The lowest BCUT2D eigenvalue weighted by molar-refractivity contribution is -0.119. The average Bonchev–Trinajstić information content (AvgIpc) is 2.67. The molecule has 0 spiro atoms. The number of hydrogen-bond acceptors (Lipinski definition) is 3. The van der Waals surface area contributed by atoms with E-state index in [2.05, 4.69) is 0 Å². The third-order valence-corrected chi connectivity index (χ3v) is 5.22. The van der Waals surface area contributed by atoms with Gasteiger partial charge in [0, 0.05) is 12.8 Å². The van der Waals surface area contributed by atoms with Crippen LogP contribution in [0.3, 0.4) is 0 Å². The molecule has 0 aromatic heterocycles. The Balaban J connectivity index is 1.76. The van der Waals surface area contributed by atoms with Crippen LogP contribution in [0.25, 0.3) is 0 Å². The second kappa shape index (κ2) is 5.65. The number of benzene rings is 1. The van der Waals surface area contributed by atoms with Crippen LogP contribution in [-0.2, 0) is 21.1 Å². The molecular formula is C14H18O3S. The molecule has 3 nitrogen and oxygen atoms in total. The van der Waals surface area contributed by atoms with E-state index in [0.717, 1.165) is 12.0 Å². The third-order valence-electron chi connectivity index (χ3n) is 3.38. The Bertz CT molecular complexity index is 505. The Morgan fingerprint density at radius 1 is 1.22 bits per heavy atom. The minimum absolute atomic E-state index is 0.0540. The zero-order valence-electron chi connectivity index (χ0n) is 10.3. The predicted octanol–water partition coefficient (Wildman–Crippen LogP) is 2.01. The van der Waals surface area contributed by atoms with E-state index in [1.165, 1.54) is 0 Å². The molecule has 1 fully saturated rings. The van der Waals surface area contributed by atoms with Crippen LogP contribution >= 0.6 is 0 Å². The maximum Gasteiger partial charge on any atom is 0.150 e. The van der Waals surface area contributed by atoms with Crippen molar-refractivity contribution < 1.29 is 13.2 Å². The molecule has 0 saturated carbocycles. The molecule has 1 unspecified atom stereocenters. The van der Waals surface area contributed by atoms with E-state index in [9.17, 15) is 13.2 Å². The molecule has 2 rings (SSSR count). The molecular weight excluding hydrogens is 248 g/mol. The average molecular weight is 266 g/mol. The molecule has 1 saturated heterocycles. The highest BCUT2D eigenvalue weighted by Gasteiger charge is 2.29. The lowest BCUT2D eigenvalue weighted by Crippen LogP contribution is -2.11. The lowest BCUT2D eigenvalue weighted by Gasteiger charge is -2.06. The summed E-state index contributed by atoms with van der Waals surface area (Å²) >= 11 is 0. The summed E-state index contributed by atoms with van der Waals surface area (Å²) in [6.45, 7) is 0. The minimum Gasteiger partial charge on any atom is -0.300 e. The highest BCUT2D eigenvalue weighted by atomic mass is 32.2. The van der Waals surface area contributed by atoms with Crippen LogP contribution in [0.15, 0.2) is 30.3 Å². The fraction of sp³-hybridized carbons (Fsp3) is 0.500. The number of aryl methyl sites for hydroxylation is 1. The van der Waals surface area contributed by atoms with Gasteiger partial charge >= 0.3 is 0 Å². The van der Waals surface area contributed by atoms with Gasteiger partial charge in [-0.1, -0.05) is 30.3 Å². The summed E-state index contributed by atoms with van der Waals surface area (Å²) < 4.78 is 22.6. The topological polar surface area (TPSA) is 51.2 Å². The van der Waals surface area contributed by atoms with Crippen LogP contribution in [0.1, 0.15) is 24.8 Å². The molecule has 4 heteroatoms. The van der Waals surface area contributed by atoms with Crippen molar-refractivity contribution in [1.82, 2.24) is 0 Å². The van der Waals surface area contributed by atoms with Crippen LogP contribution in [0.2, 0.25) is 0 Å². The van der Waals surface area contributed by atoms with Gasteiger partial charge in [0.15, 0.2) is 9.84 Å². The molecule has 0 radical (unpaired) electrons. The van der Waals surface area contributed by atoms with Crippen molar-refractivity contribution in [3.8, 4) is 0 Å². The Morgan fingerprint density at radius 2 is 1.94 bits per heavy atom. The molecule has 0 amide bonds. The van der Waals surface area contributed by atoms with Crippen molar-refractivity contribution >= 4 is 15.6 Å². The molecule has 0 aliphatic carbocycles. The first-order valence-electron chi connectivity index (χ1n) is 6.31. The highest BCUT2D eigenvalue weighted by molar-refractivity contribution is 7.91. The smallest absolute Gasteiger partial charge is 0.150 e. The molecule has 1 atom stereocenters. The second-order valence-electron chi connectivity index (χ2n) is 5.00. The first-order chi connectivity index (χ1) is 8.55. The van der Waals surface area contributed by atoms with Gasteiger partial charge in [-0.2, -0.15) is 0 Å². The SMILES string of the molecule is O=C(CCc1ccccc1)CC1CCS(=O)(=O)C1. The van der Waals surface area contributed by atoms with Crippen molar-refractivity contribution in [2.75, 3.05) is 11.5 Å². The summed E-state index contributed by atoms with van der Waals surface area (Å²) in [6.07, 6.45) is 2.34. The minimum atomic E-state index is -2.86. The lowest BCUT2D eigenvalue weighted by atomic mass is 9.98. The van der Waals surface area contributed by atoms with Crippen LogP contribution < -0.4 is 0 Å². The summed E-state index contributed by atoms with van der Waals surface area (Å²) in [7, 11) is -2.86. The van der Waals surface area contributed by atoms with Crippen LogP contribution in [0.4, 0.5) is 0 Å². The summed E-state index contributed by atoms with van der Waals surface area (Å²) in [5, 5.41) is 0. The number of carbonyl (C=O) groups is 1.